The number of hydrogen-bond donors (Lipinski definition) is 2. The van der Waals surface area contributed by atoms with Gasteiger partial charge in [0.05, 0.1) is 10.6 Å². The molecule has 2 fully saturated rings. The first-order valence-corrected chi connectivity index (χ1v) is 11.0. The number of amides is 1. The Morgan fingerprint density at radius 2 is 2.04 bits per heavy atom. The van der Waals surface area contributed by atoms with Crippen LogP contribution in [0.15, 0.2) is 18.5 Å². The zero-order valence-electron chi connectivity index (χ0n) is 13.6. The lowest BCUT2D eigenvalue weighted by Crippen LogP contribution is -2.53. The molecular weight excluding hydrogens is 360 g/mol. The lowest BCUT2D eigenvalue weighted by atomic mass is 10.2. The van der Waals surface area contributed by atoms with Crippen molar-refractivity contribution in [2.24, 2.45) is 5.73 Å². The molecule has 132 valence electrons. The fourth-order valence-corrected chi connectivity index (χ4v) is 6.09. The Bertz CT molecular complexity index is 560. The highest BCUT2D eigenvalue weighted by Crippen LogP contribution is 2.46. The van der Waals surface area contributed by atoms with Crippen molar-refractivity contribution >= 4 is 47.7 Å². The van der Waals surface area contributed by atoms with Crippen LogP contribution in [0.3, 0.4) is 0 Å². The summed E-state index contributed by atoms with van der Waals surface area (Å²) in [7, 11) is 0. The van der Waals surface area contributed by atoms with Gasteiger partial charge < -0.3 is 15.5 Å². The minimum absolute atomic E-state index is 0.0120. The highest BCUT2D eigenvalue weighted by atomic mass is 32.2. The number of piperazine rings is 1. The number of hydrogen-bond acceptors (Lipinski definition) is 7. The van der Waals surface area contributed by atoms with Crippen molar-refractivity contribution in [3.05, 3.63) is 24.0 Å². The molecule has 2 aliphatic rings. The second-order valence-electron chi connectivity index (χ2n) is 5.96. The molecule has 0 radical (unpaired) electrons. The number of nitrogens with two attached hydrogens (primary N) is 1. The monoisotopic (exact) mass is 384 g/mol. The smallest absolute Gasteiger partial charge is 0.240 e. The van der Waals surface area contributed by atoms with Crippen molar-refractivity contribution < 1.29 is 4.79 Å². The normalized spacial score (nSPS) is 20.9. The maximum atomic E-state index is 12.2. The summed E-state index contributed by atoms with van der Waals surface area (Å²) in [5.41, 5.74) is 8.40. The molecule has 0 bridgehead atoms. The Hall–Kier alpha value is -0.570. The van der Waals surface area contributed by atoms with E-state index < -0.39 is 6.04 Å². The number of carbonyl (C=O) groups is 1. The Kier molecular flexibility index (Phi) is 6.60. The van der Waals surface area contributed by atoms with Crippen LogP contribution in [0.25, 0.3) is 0 Å². The van der Waals surface area contributed by atoms with Crippen molar-refractivity contribution in [1.29, 1.82) is 0 Å². The average Bonchev–Trinajstić information content (AvgIpc) is 2.67. The van der Waals surface area contributed by atoms with E-state index in [1.54, 1.807) is 0 Å². The molecule has 5 nitrogen and oxygen atoms in total. The van der Waals surface area contributed by atoms with Crippen molar-refractivity contribution in [3.8, 4) is 0 Å². The molecular formula is C16H24N4OS3. The summed E-state index contributed by atoms with van der Waals surface area (Å²) < 4.78 is 0.472. The first-order chi connectivity index (χ1) is 11.7. The molecule has 0 aliphatic carbocycles. The Morgan fingerprint density at radius 1 is 1.33 bits per heavy atom. The fourth-order valence-electron chi connectivity index (χ4n) is 3.02. The number of aromatic nitrogens is 1. The van der Waals surface area contributed by atoms with Gasteiger partial charge in [0.25, 0.3) is 0 Å². The van der Waals surface area contributed by atoms with Crippen LogP contribution in [0, 0.1) is 0 Å². The van der Waals surface area contributed by atoms with Crippen molar-refractivity contribution in [2.75, 3.05) is 48.3 Å². The van der Waals surface area contributed by atoms with E-state index in [0.29, 0.717) is 23.4 Å². The van der Waals surface area contributed by atoms with E-state index in [9.17, 15) is 4.79 Å². The third-order valence-corrected chi connectivity index (χ3v) is 7.73. The van der Waals surface area contributed by atoms with Crippen molar-refractivity contribution in [2.45, 2.75) is 17.0 Å². The molecule has 2 saturated heterocycles. The number of thiol groups is 1. The van der Waals surface area contributed by atoms with E-state index in [0.717, 1.165) is 13.1 Å². The predicted octanol–water partition coefficient (Wildman–Crippen LogP) is 1.86. The molecule has 3 heterocycles. The lowest BCUT2D eigenvalue weighted by Gasteiger charge is -2.38. The standard InChI is InChI=1S/C16H24N4OS3/c17-13(11-22)15(21)20-6-4-19(5-7-20)14-2-3-18-10-12(14)16-23-8-1-9-24-16/h2-3,10,13,16,22H,1,4-9,11,17H2. The molecule has 2 N–H and O–H groups in total. The van der Waals surface area contributed by atoms with E-state index >= 15 is 0 Å². The van der Waals surface area contributed by atoms with Gasteiger partial charge in [0.15, 0.2) is 0 Å². The summed E-state index contributed by atoms with van der Waals surface area (Å²) in [5.74, 6) is 2.84. The molecule has 1 unspecified atom stereocenters. The minimum Gasteiger partial charge on any atom is -0.368 e. The summed E-state index contributed by atoms with van der Waals surface area (Å²) in [6, 6.07) is 1.62. The van der Waals surface area contributed by atoms with Crippen LogP contribution >= 0.6 is 36.2 Å². The average molecular weight is 385 g/mol. The number of carbonyl (C=O) groups excluding carboxylic acids is 1. The van der Waals surface area contributed by atoms with Crippen LogP contribution in [0.4, 0.5) is 5.69 Å². The molecule has 2 aliphatic heterocycles. The van der Waals surface area contributed by atoms with Gasteiger partial charge in [-0.3, -0.25) is 9.78 Å². The van der Waals surface area contributed by atoms with Gasteiger partial charge in [-0.1, -0.05) is 0 Å². The highest BCUT2D eigenvalue weighted by Gasteiger charge is 2.27. The van der Waals surface area contributed by atoms with Gasteiger partial charge in [-0.05, 0) is 24.0 Å². The molecule has 1 aromatic rings. The fraction of sp³-hybridized carbons (Fsp3) is 0.625. The predicted molar refractivity (Wildman–Crippen MR) is 107 cm³/mol. The van der Waals surface area contributed by atoms with Gasteiger partial charge >= 0.3 is 0 Å². The highest BCUT2D eigenvalue weighted by molar-refractivity contribution is 8.16. The third-order valence-electron chi connectivity index (χ3n) is 4.35. The van der Waals surface area contributed by atoms with Crippen molar-refractivity contribution in [1.82, 2.24) is 9.88 Å². The number of nitrogens with zero attached hydrogens (tertiary/aromatic N) is 3. The van der Waals surface area contributed by atoms with Crippen LogP contribution < -0.4 is 10.6 Å². The van der Waals surface area contributed by atoms with E-state index in [1.165, 1.54) is 29.2 Å². The molecule has 1 amide bonds. The third kappa shape index (κ3) is 4.15. The van der Waals surface area contributed by atoms with Gasteiger partial charge in [-0.15, -0.1) is 23.5 Å². The van der Waals surface area contributed by atoms with E-state index in [-0.39, 0.29) is 5.91 Å². The largest absolute Gasteiger partial charge is 0.368 e. The maximum absolute atomic E-state index is 12.2. The van der Waals surface area contributed by atoms with Crippen LogP contribution in [0.1, 0.15) is 16.6 Å². The number of pyridine rings is 1. The first kappa shape index (κ1) is 18.2. The summed E-state index contributed by atoms with van der Waals surface area (Å²) >= 11 is 8.15. The molecule has 1 atom stereocenters. The first-order valence-electron chi connectivity index (χ1n) is 8.28. The Morgan fingerprint density at radius 3 is 2.71 bits per heavy atom. The van der Waals surface area contributed by atoms with Gasteiger partial charge in [0, 0.05) is 55.6 Å². The molecule has 24 heavy (non-hydrogen) atoms. The second-order valence-corrected chi connectivity index (χ2v) is 9.05. The maximum Gasteiger partial charge on any atom is 0.240 e. The summed E-state index contributed by atoms with van der Waals surface area (Å²) in [6.07, 6.45) is 5.17. The van der Waals surface area contributed by atoms with Crippen LogP contribution in [-0.4, -0.2) is 65.3 Å². The summed E-state index contributed by atoms with van der Waals surface area (Å²) in [4.78, 5) is 20.8. The summed E-state index contributed by atoms with van der Waals surface area (Å²) in [5, 5.41) is 0. The SMILES string of the molecule is NC(CS)C(=O)N1CCN(c2ccncc2C2SCCCS2)CC1. The van der Waals surface area contributed by atoms with Gasteiger partial charge in [-0.2, -0.15) is 12.6 Å². The van der Waals surface area contributed by atoms with Crippen LogP contribution in [0.5, 0.6) is 0 Å². The molecule has 8 heteroatoms. The topological polar surface area (TPSA) is 62.5 Å². The zero-order valence-corrected chi connectivity index (χ0v) is 16.2. The lowest BCUT2D eigenvalue weighted by molar-refractivity contribution is -0.132. The molecule has 3 rings (SSSR count). The Labute approximate surface area is 157 Å². The van der Waals surface area contributed by atoms with Crippen LogP contribution in [0.2, 0.25) is 0 Å². The zero-order chi connectivity index (χ0) is 16.9. The Balaban J connectivity index is 1.67. The van der Waals surface area contributed by atoms with Crippen LogP contribution in [-0.2, 0) is 4.79 Å². The molecule has 0 saturated carbocycles. The molecule has 1 aromatic heterocycles. The van der Waals surface area contributed by atoms with E-state index in [1.807, 2.05) is 40.8 Å². The van der Waals surface area contributed by atoms with Gasteiger partial charge in [0.2, 0.25) is 5.91 Å². The quantitative estimate of drug-likeness (QED) is 0.773. The van der Waals surface area contributed by atoms with Gasteiger partial charge in [-0.25, -0.2) is 0 Å². The summed E-state index contributed by atoms with van der Waals surface area (Å²) in [6.45, 7) is 3.11. The molecule has 0 spiro atoms. The second kappa shape index (κ2) is 8.69. The number of rotatable bonds is 4. The molecule has 0 aromatic carbocycles. The van der Waals surface area contributed by atoms with Crippen molar-refractivity contribution in [3.63, 3.8) is 0 Å². The van der Waals surface area contributed by atoms with E-state index in [2.05, 4.69) is 28.6 Å². The van der Waals surface area contributed by atoms with Gasteiger partial charge in [0.1, 0.15) is 0 Å². The van der Waals surface area contributed by atoms with E-state index in [4.69, 9.17) is 5.73 Å². The minimum atomic E-state index is -0.494. The number of thioether (sulfide) groups is 2. The number of anilines is 1.